The molecule has 1 heterocycles. The Morgan fingerprint density at radius 1 is 1.53 bits per heavy atom. The van der Waals surface area contributed by atoms with Gasteiger partial charge in [-0.15, -0.1) is 0 Å². The Hall–Kier alpha value is -1.29. The van der Waals surface area contributed by atoms with Crippen molar-refractivity contribution < 1.29 is 9.53 Å². The standard InChI is InChI=1S/C13H22N2O2/c1-4-5-12(14)11-6-7-15(8-11)9-13(16)17-10(2)3/h6-8,10,12H,4-5,9,14H2,1-3H3. The van der Waals surface area contributed by atoms with Gasteiger partial charge < -0.3 is 15.0 Å². The maximum absolute atomic E-state index is 11.5. The molecule has 0 aliphatic carbocycles. The van der Waals surface area contributed by atoms with Crippen LogP contribution in [0.3, 0.4) is 0 Å². The monoisotopic (exact) mass is 238 g/mol. The lowest BCUT2D eigenvalue weighted by Crippen LogP contribution is -2.16. The van der Waals surface area contributed by atoms with Crippen LogP contribution in [0.25, 0.3) is 0 Å². The van der Waals surface area contributed by atoms with E-state index in [2.05, 4.69) is 6.92 Å². The summed E-state index contributed by atoms with van der Waals surface area (Å²) < 4.78 is 6.90. The number of nitrogens with two attached hydrogens (primary N) is 1. The average Bonchev–Trinajstić information content (AvgIpc) is 2.65. The van der Waals surface area contributed by atoms with Crippen LogP contribution in [0.15, 0.2) is 18.5 Å². The maximum Gasteiger partial charge on any atom is 0.326 e. The molecule has 0 saturated carbocycles. The summed E-state index contributed by atoms with van der Waals surface area (Å²) in [5, 5.41) is 0. The average molecular weight is 238 g/mol. The van der Waals surface area contributed by atoms with Gasteiger partial charge in [-0.05, 0) is 31.9 Å². The summed E-state index contributed by atoms with van der Waals surface area (Å²) in [6, 6.07) is 2.02. The smallest absolute Gasteiger partial charge is 0.326 e. The number of hydrogen-bond donors (Lipinski definition) is 1. The molecule has 1 aromatic rings. The number of carbonyl (C=O) groups excluding carboxylic acids is 1. The van der Waals surface area contributed by atoms with E-state index in [9.17, 15) is 4.79 Å². The zero-order valence-corrected chi connectivity index (χ0v) is 10.8. The molecule has 4 heteroatoms. The second kappa shape index (κ2) is 6.45. The zero-order chi connectivity index (χ0) is 12.8. The minimum atomic E-state index is -0.216. The third kappa shape index (κ3) is 4.61. The predicted molar refractivity (Wildman–Crippen MR) is 67.5 cm³/mol. The van der Waals surface area contributed by atoms with Crippen molar-refractivity contribution >= 4 is 5.97 Å². The van der Waals surface area contributed by atoms with Crippen LogP contribution in [0.1, 0.15) is 45.2 Å². The summed E-state index contributed by atoms with van der Waals surface area (Å²) in [5.74, 6) is -0.216. The summed E-state index contributed by atoms with van der Waals surface area (Å²) in [6.45, 7) is 6.04. The molecule has 4 nitrogen and oxygen atoms in total. The zero-order valence-electron chi connectivity index (χ0n) is 10.8. The van der Waals surface area contributed by atoms with Crippen molar-refractivity contribution in [3.63, 3.8) is 0 Å². The Balaban J connectivity index is 2.53. The van der Waals surface area contributed by atoms with E-state index in [1.807, 2.05) is 36.9 Å². The molecule has 0 saturated heterocycles. The van der Waals surface area contributed by atoms with Gasteiger partial charge in [-0.2, -0.15) is 0 Å². The number of ether oxygens (including phenoxy) is 1. The van der Waals surface area contributed by atoms with Gasteiger partial charge >= 0.3 is 5.97 Å². The lowest BCUT2D eigenvalue weighted by molar-refractivity contribution is -0.148. The van der Waals surface area contributed by atoms with Gasteiger partial charge in [-0.1, -0.05) is 13.3 Å². The lowest BCUT2D eigenvalue weighted by atomic mass is 10.1. The second-order valence-corrected chi connectivity index (χ2v) is 4.55. The van der Waals surface area contributed by atoms with Crippen molar-refractivity contribution in [1.29, 1.82) is 0 Å². The number of carbonyl (C=O) groups is 1. The number of nitrogens with zero attached hydrogens (tertiary/aromatic N) is 1. The van der Waals surface area contributed by atoms with Gasteiger partial charge in [-0.3, -0.25) is 4.79 Å². The van der Waals surface area contributed by atoms with Crippen LogP contribution in [0.5, 0.6) is 0 Å². The Labute approximate surface area is 103 Å². The molecule has 0 spiro atoms. The number of aromatic nitrogens is 1. The highest BCUT2D eigenvalue weighted by Gasteiger charge is 2.09. The van der Waals surface area contributed by atoms with Crippen molar-refractivity contribution in [2.24, 2.45) is 5.73 Å². The van der Waals surface area contributed by atoms with Gasteiger partial charge in [0, 0.05) is 18.4 Å². The summed E-state index contributed by atoms with van der Waals surface area (Å²) in [7, 11) is 0. The van der Waals surface area contributed by atoms with Gasteiger partial charge in [0.15, 0.2) is 0 Å². The predicted octanol–water partition coefficient (Wildman–Crippen LogP) is 2.24. The Morgan fingerprint density at radius 2 is 2.24 bits per heavy atom. The topological polar surface area (TPSA) is 57.2 Å². The number of esters is 1. The van der Waals surface area contributed by atoms with Gasteiger partial charge in [-0.25, -0.2) is 0 Å². The third-order valence-electron chi connectivity index (χ3n) is 2.48. The normalized spacial score (nSPS) is 12.8. The molecule has 0 aliphatic heterocycles. The van der Waals surface area contributed by atoms with Gasteiger partial charge in [0.1, 0.15) is 6.54 Å². The van der Waals surface area contributed by atoms with Crippen LogP contribution in [0.2, 0.25) is 0 Å². The molecule has 96 valence electrons. The van der Waals surface area contributed by atoms with Crippen molar-refractivity contribution in [2.45, 2.75) is 52.3 Å². The minimum absolute atomic E-state index is 0.0577. The molecular formula is C13H22N2O2. The first kappa shape index (κ1) is 13.8. The highest BCUT2D eigenvalue weighted by atomic mass is 16.5. The van der Waals surface area contributed by atoms with Crippen LogP contribution in [-0.2, 0) is 16.1 Å². The fourth-order valence-electron chi connectivity index (χ4n) is 1.70. The van der Waals surface area contributed by atoms with Crippen LogP contribution in [-0.4, -0.2) is 16.6 Å². The van der Waals surface area contributed by atoms with Gasteiger partial charge in [0.25, 0.3) is 0 Å². The largest absolute Gasteiger partial charge is 0.462 e. The van der Waals surface area contributed by atoms with Crippen molar-refractivity contribution in [3.8, 4) is 0 Å². The highest BCUT2D eigenvalue weighted by Crippen LogP contribution is 2.15. The Morgan fingerprint density at radius 3 is 2.82 bits per heavy atom. The highest BCUT2D eigenvalue weighted by molar-refractivity contribution is 5.69. The molecule has 0 amide bonds. The van der Waals surface area contributed by atoms with Crippen LogP contribution < -0.4 is 5.73 Å². The molecule has 0 radical (unpaired) electrons. The van der Waals surface area contributed by atoms with Crippen molar-refractivity contribution in [2.75, 3.05) is 0 Å². The first-order chi connectivity index (χ1) is 8.02. The molecule has 0 bridgehead atoms. The Bertz CT molecular complexity index is 358. The van der Waals surface area contributed by atoms with E-state index >= 15 is 0 Å². The molecule has 17 heavy (non-hydrogen) atoms. The molecule has 2 N–H and O–H groups in total. The van der Waals surface area contributed by atoms with Crippen LogP contribution in [0, 0.1) is 0 Å². The van der Waals surface area contributed by atoms with Gasteiger partial charge in [0.2, 0.25) is 0 Å². The van der Waals surface area contributed by atoms with E-state index < -0.39 is 0 Å². The fraction of sp³-hybridized carbons (Fsp3) is 0.615. The summed E-state index contributed by atoms with van der Waals surface area (Å²) in [6.07, 6.45) is 5.73. The molecule has 1 unspecified atom stereocenters. The van der Waals surface area contributed by atoms with E-state index in [-0.39, 0.29) is 24.7 Å². The third-order valence-corrected chi connectivity index (χ3v) is 2.48. The number of hydrogen-bond acceptors (Lipinski definition) is 3. The first-order valence-corrected chi connectivity index (χ1v) is 6.13. The first-order valence-electron chi connectivity index (χ1n) is 6.13. The summed E-state index contributed by atoms with van der Waals surface area (Å²) in [4.78, 5) is 11.5. The van der Waals surface area contributed by atoms with E-state index in [4.69, 9.17) is 10.5 Å². The second-order valence-electron chi connectivity index (χ2n) is 4.55. The molecule has 0 aromatic carbocycles. The molecule has 0 aliphatic rings. The lowest BCUT2D eigenvalue weighted by Gasteiger charge is -2.09. The van der Waals surface area contributed by atoms with Crippen molar-refractivity contribution in [3.05, 3.63) is 24.0 Å². The molecule has 1 aromatic heterocycles. The quantitative estimate of drug-likeness (QED) is 0.773. The van der Waals surface area contributed by atoms with Crippen LogP contribution >= 0.6 is 0 Å². The molecular weight excluding hydrogens is 216 g/mol. The molecule has 1 rings (SSSR count). The van der Waals surface area contributed by atoms with Gasteiger partial charge in [0.05, 0.1) is 6.10 Å². The summed E-state index contributed by atoms with van der Waals surface area (Å²) >= 11 is 0. The molecule has 0 fully saturated rings. The van der Waals surface area contributed by atoms with Crippen molar-refractivity contribution in [1.82, 2.24) is 4.57 Å². The van der Waals surface area contributed by atoms with E-state index in [0.29, 0.717) is 0 Å². The minimum Gasteiger partial charge on any atom is -0.462 e. The SMILES string of the molecule is CCCC(N)c1ccn(CC(=O)OC(C)C)c1. The van der Waals surface area contributed by atoms with Crippen LogP contribution in [0.4, 0.5) is 0 Å². The molecule has 1 atom stereocenters. The maximum atomic E-state index is 11.5. The fourth-order valence-corrected chi connectivity index (χ4v) is 1.70. The number of rotatable bonds is 6. The summed E-state index contributed by atoms with van der Waals surface area (Å²) in [5.41, 5.74) is 7.07. The van der Waals surface area contributed by atoms with E-state index in [1.165, 1.54) is 0 Å². The Kier molecular flexibility index (Phi) is 5.22. The van der Waals surface area contributed by atoms with E-state index in [0.717, 1.165) is 18.4 Å². The van der Waals surface area contributed by atoms with E-state index in [1.54, 1.807) is 0 Å².